The number of rotatable bonds is 3. The molecule has 0 saturated carbocycles. The largest absolute Gasteiger partial charge is 0.353 e. The molecule has 0 aliphatic carbocycles. The first kappa shape index (κ1) is 13.8. The fourth-order valence-electron chi connectivity index (χ4n) is 2.94. The predicted octanol–water partition coefficient (Wildman–Crippen LogP) is 1.45. The predicted molar refractivity (Wildman–Crippen MR) is 88.5 cm³/mol. The molecule has 7 heteroatoms. The highest BCUT2D eigenvalue weighted by Gasteiger charge is 2.32. The van der Waals surface area contributed by atoms with Crippen molar-refractivity contribution in [3.8, 4) is 0 Å². The first-order valence-electron chi connectivity index (χ1n) is 7.53. The number of fused-ring (bicyclic) bond motifs is 1. The van der Waals surface area contributed by atoms with Gasteiger partial charge in [-0.25, -0.2) is 19.9 Å². The number of pyridine rings is 1. The van der Waals surface area contributed by atoms with Crippen LogP contribution in [-0.4, -0.2) is 51.1 Å². The molecule has 0 N–H and O–H groups in total. The average Bonchev–Trinajstić information content (AvgIpc) is 2.54. The van der Waals surface area contributed by atoms with Gasteiger partial charge in [0.05, 0.1) is 17.8 Å². The second-order valence-corrected chi connectivity index (χ2v) is 5.79. The number of aryl methyl sites for hydroxylation is 1. The molecule has 1 saturated heterocycles. The van der Waals surface area contributed by atoms with Crippen molar-refractivity contribution in [2.75, 3.05) is 29.9 Å². The molecule has 3 aromatic rings. The van der Waals surface area contributed by atoms with Crippen LogP contribution in [0.3, 0.4) is 0 Å². The van der Waals surface area contributed by atoms with Crippen molar-refractivity contribution in [1.82, 2.24) is 24.9 Å². The highest BCUT2D eigenvalue weighted by atomic mass is 15.3. The van der Waals surface area contributed by atoms with Crippen molar-refractivity contribution >= 4 is 22.5 Å². The van der Waals surface area contributed by atoms with Gasteiger partial charge in [0.25, 0.3) is 0 Å². The van der Waals surface area contributed by atoms with Crippen LogP contribution in [0.15, 0.2) is 37.3 Å². The molecule has 0 spiro atoms. The zero-order valence-electron chi connectivity index (χ0n) is 13.1. The summed E-state index contributed by atoms with van der Waals surface area (Å²) in [4.78, 5) is 25.8. The van der Waals surface area contributed by atoms with Crippen molar-refractivity contribution in [2.24, 2.45) is 0 Å². The molecule has 3 aromatic heterocycles. The van der Waals surface area contributed by atoms with Gasteiger partial charge >= 0.3 is 0 Å². The van der Waals surface area contributed by atoms with E-state index in [1.165, 1.54) is 0 Å². The molecule has 4 rings (SSSR count). The maximum Gasteiger partial charge on any atom is 0.140 e. The third-order valence-corrected chi connectivity index (χ3v) is 4.33. The Hall–Kier alpha value is -2.83. The van der Waals surface area contributed by atoms with Crippen LogP contribution < -0.4 is 9.80 Å². The molecule has 1 aliphatic heterocycles. The molecule has 1 aliphatic rings. The Bertz CT molecular complexity index is 839. The highest BCUT2D eigenvalue weighted by molar-refractivity contribution is 5.88. The molecule has 4 heterocycles. The van der Waals surface area contributed by atoms with Crippen LogP contribution >= 0.6 is 0 Å². The highest BCUT2D eigenvalue weighted by Crippen LogP contribution is 2.28. The van der Waals surface area contributed by atoms with Crippen molar-refractivity contribution in [3.05, 3.63) is 42.9 Å². The minimum Gasteiger partial charge on any atom is -0.353 e. The monoisotopic (exact) mass is 307 g/mol. The van der Waals surface area contributed by atoms with E-state index in [9.17, 15) is 0 Å². The molecular formula is C16H17N7. The Balaban J connectivity index is 1.55. The Kier molecular flexibility index (Phi) is 3.25. The van der Waals surface area contributed by atoms with Crippen LogP contribution in [0.1, 0.15) is 5.56 Å². The second-order valence-electron chi connectivity index (χ2n) is 5.79. The lowest BCUT2D eigenvalue weighted by atomic mass is 10.1. The number of hydrogen-bond acceptors (Lipinski definition) is 7. The lowest BCUT2D eigenvalue weighted by molar-refractivity contribution is 0.489. The molecule has 0 radical (unpaired) electrons. The second kappa shape index (κ2) is 5.42. The van der Waals surface area contributed by atoms with Crippen LogP contribution in [0.5, 0.6) is 0 Å². The minimum absolute atomic E-state index is 0.399. The summed E-state index contributed by atoms with van der Waals surface area (Å²) in [6.45, 7) is 3.88. The van der Waals surface area contributed by atoms with Crippen LogP contribution in [0.2, 0.25) is 0 Å². The van der Waals surface area contributed by atoms with E-state index in [0.717, 1.165) is 41.2 Å². The number of anilines is 2. The van der Waals surface area contributed by atoms with Gasteiger partial charge in [-0.2, -0.15) is 0 Å². The van der Waals surface area contributed by atoms with Gasteiger partial charge in [-0.05, 0) is 13.0 Å². The topological polar surface area (TPSA) is 70.9 Å². The van der Waals surface area contributed by atoms with Crippen LogP contribution in [-0.2, 0) is 0 Å². The van der Waals surface area contributed by atoms with Crippen molar-refractivity contribution in [2.45, 2.75) is 13.0 Å². The van der Waals surface area contributed by atoms with E-state index >= 15 is 0 Å². The third kappa shape index (κ3) is 2.34. The summed E-state index contributed by atoms with van der Waals surface area (Å²) in [7, 11) is 2.08. The van der Waals surface area contributed by atoms with Gasteiger partial charge in [0, 0.05) is 43.5 Å². The molecule has 0 atom stereocenters. The molecule has 7 nitrogen and oxygen atoms in total. The minimum atomic E-state index is 0.399. The van der Waals surface area contributed by atoms with Gasteiger partial charge in [0.1, 0.15) is 24.3 Å². The summed E-state index contributed by atoms with van der Waals surface area (Å²) in [5, 5.41) is 1.03. The Morgan fingerprint density at radius 2 is 1.96 bits per heavy atom. The fraction of sp³-hybridized carbons (Fsp3) is 0.312. The molecule has 0 aromatic carbocycles. The first-order valence-corrected chi connectivity index (χ1v) is 7.53. The van der Waals surface area contributed by atoms with E-state index < -0.39 is 0 Å². The summed E-state index contributed by atoms with van der Waals surface area (Å²) >= 11 is 0. The molecular weight excluding hydrogens is 290 g/mol. The van der Waals surface area contributed by atoms with E-state index in [4.69, 9.17) is 0 Å². The Morgan fingerprint density at radius 3 is 2.78 bits per heavy atom. The molecule has 116 valence electrons. The van der Waals surface area contributed by atoms with E-state index in [1.54, 1.807) is 25.0 Å². The number of hydrogen-bond donors (Lipinski definition) is 0. The normalized spacial score (nSPS) is 14.8. The fourth-order valence-corrected chi connectivity index (χ4v) is 2.94. The lowest BCUT2D eigenvalue weighted by Crippen LogP contribution is -2.59. The maximum absolute atomic E-state index is 4.47. The van der Waals surface area contributed by atoms with E-state index in [0.29, 0.717) is 6.04 Å². The smallest absolute Gasteiger partial charge is 0.140 e. The van der Waals surface area contributed by atoms with Crippen molar-refractivity contribution < 1.29 is 0 Å². The summed E-state index contributed by atoms with van der Waals surface area (Å²) in [6, 6.07) is 2.36. The lowest BCUT2D eigenvalue weighted by Gasteiger charge is -2.45. The van der Waals surface area contributed by atoms with Crippen LogP contribution in [0.4, 0.5) is 11.6 Å². The van der Waals surface area contributed by atoms with Gasteiger partial charge in [-0.1, -0.05) is 0 Å². The standard InChI is InChI=1S/C16H17N7/c1-11-5-18-9-20-15(11)23-7-12(8-23)22(2)16-13-3-4-17-6-14(13)19-10-21-16/h3-6,9-10,12H,7-8H2,1-2H3. The van der Waals surface area contributed by atoms with Gasteiger partial charge in [0.15, 0.2) is 0 Å². The molecule has 1 fully saturated rings. The van der Waals surface area contributed by atoms with Gasteiger partial charge in [-0.3, -0.25) is 4.98 Å². The molecule has 0 amide bonds. The number of likely N-dealkylation sites (N-methyl/N-ethyl adjacent to an activating group) is 1. The molecule has 23 heavy (non-hydrogen) atoms. The quantitative estimate of drug-likeness (QED) is 0.725. The van der Waals surface area contributed by atoms with Crippen LogP contribution in [0, 0.1) is 6.92 Å². The van der Waals surface area contributed by atoms with Crippen molar-refractivity contribution in [1.29, 1.82) is 0 Å². The van der Waals surface area contributed by atoms with Crippen molar-refractivity contribution in [3.63, 3.8) is 0 Å². The van der Waals surface area contributed by atoms with Crippen LogP contribution in [0.25, 0.3) is 10.9 Å². The zero-order chi connectivity index (χ0) is 15.8. The summed E-state index contributed by atoms with van der Waals surface area (Å²) in [5.41, 5.74) is 1.97. The van der Waals surface area contributed by atoms with E-state index in [-0.39, 0.29) is 0 Å². The zero-order valence-corrected chi connectivity index (χ0v) is 13.1. The van der Waals surface area contributed by atoms with Gasteiger partial charge < -0.3 is 9.80 Å². The van der Waals surface area contributed by atoms with E-state index in [2.05, 4.69) is 41.8 Å². The average molecular weight is 307 g/mol. The molecule has 0 bridgehead atoms. The maximum atomic E-state index is 4.47. The third-order valence-electron chi connectivity index (χ3n) is 4.33. The summed E-state index contributed by atoms with van der Waals surface area (Å²) in [5.74, 6) is 1.96. The summed E-state index contributed by atoms with van der Waals surface area (Å²) in [6.07, 6.45) is 8.60. The Morgan fingerprint density at radius 1 is 1.09 bits per heavy atom. The van der Waals surface area contributed by atoms with Gasteiger partial charge in [0.2, 0.25) is 0 Å². The SMILES string of the molecule is Cc1cncnc1N1CC(N(C)c2ncnc3cnccc23)C1. The van der Waals surface area contributed by atoms with E-state index in [1.807, 2.05) is 19.2 Å². The number of nitrogens with zero attached hydrogens (tertiary/aromatic N) is 7. The number of aromatic nitrogens is 5. The first-order chi connectivity index (χ1) is 11.2. The Labute approximate surface area is 134 Å². The molecule has 0 unspecified atom stereocenters. The van der Waals surface area contributed by atoms with Gasteiger partial charge in [-0.15, -0.1) is 0 Å². The summed E-state index contributed by atoms with van der Waals surface area (Å²) < 4.78 is 0.